The van der Waals surface area contributed by atoms with Gasteiger partial charge in [-0.1, -0.05) is 52.3 Å². The number of allylic oxidation sites excluding steroid dienone is 1. The summed E-state index contributed by atoms with van der Waals surface area (Å²) in [4.78, 5) is 11.9. The van der Waals surface area contributed by atoms with Gasteiger partial charge in [-0.15, -0.1) is 0 Å². The summed E-state index contributed by atoms with van der Waals surface area (Å²) in [7, 11) is 0. The molecular formula is C18H17BrN2O2. The van der Waals surface area contributed by atoms with Gasteiger partial charge in [0.05, 0.1) is 0 Å². The number of halogens is 1. The Hall–Kier alpha value is -2.40. The lowest BCUT2D eigenvalue weighted by Crippen LogP contribution is -2.33. The monoisotopic (exact) mass is 372 g/mol. The zero-order valence-electron chi connectivity index (χ0n) is 12.6. The molecule has 0 spiro atoms. The van der Waals surface area contributed by atoms with Crippen LogP contribution in [0.2, 0.25) is 0 Å². The van der Waals surface area contributed by atoms with E-state index in [2.05, 4.69) is 26.5 Å². The van der Waals surface area contributed by atoms with Crippen LogP contribution in [0.3, 0.4) is 0 Å². The molecule has 118 valence electrons. The Labute approximate surface area is 144 Å². The van der Waals surface area contributed by atoms with Gasteiger partial charge in [0.25, 0.3) is 5.91 Å². The lowest BCUT2D eigenvalue weighted by Gasteiger charge is -2.12. The summed E-state index contributed by atoms with van der Waals surface area (Å²) in [5.74, 6) is 0.320. The molecule has 0 aliphatic carbocycles. The van der Waals surface area contributed by atoms with Crippen molar-refractivity contribution in [2.75, 3.05) is 0 Å². The van der Waals surface area contributed by atoms with Crippen molar-refractivity contribution in [2.45, 2.75) is 13.0 Å². The summed E-state index contributed by atoms with van der Waals surface area (Å²) in [6.07, 6.45) is 4.55. The van der Waals surface area contributed by atoms with Crippen LogP contribution in [0, 0.1) is 0 Å². The van der Waals surface area contributed by atoms with Crippen LogP contribution < -0.4 is 10.2 Å². The average molecular weight is 373 g/mol. The molecule has 0 heterocycles. The number of nitrogens with one attached hydrogen (secondary N) is 1. The minimum atomic E-state index is -0.633. The maximum atomic E-state index is 11.9. The molecule has 0 radical (unpaired) electrons. The number of ether oxygens (including phenoxy) is 1. The highest BCUT2D eigenvalue weighted by Gasteiger charge is 2.13. The Morgan fingerprint density at radius 2 is 1.87 bits per heavy atom. The lowest BCUT2D eigenvalue weighted by atomic mass is 10.2. The fourth-order valence-electron chi connectivity index (χ4n) is 1.72. The predicted molar refractivity (Wildman–Crippen MR) is 96.3 cm³/mol. The van der Waals surface area contributed by atoms with Crippen molar-refractivity contribution in [3.8, 4) is 5.75 Å². The van der Waals surface area contributed by atoms with Gasteiger partial charge in [-0.05, 0) is 42.8 Å². The number of amides is 1. The third kappa shape index (κ3) is 6.08. The van der Waals surface area contributed by atoms with Crippen LogP contribution in [0.4, 0.5) is 0 Å². The maximum absolute atomic E-state index is 11.9. The molecule has 2 rings (SSSR count). The molecule has 0 fully saturated rings. The quantitative estimate of drug-likeness (QED) is 0.614. The second-order valence-corrected chi connectivity index (χ2v) is 5.65. The summed E-state index contributed by atoms with van der Waals surface area (Å²) < 4.78 is 6.49. The maximum Gasteiger partial charge on any atom is 0.280 e. The highest BCUT2D eigenvalue weighted by Crippen LogP contribution is 2.17. The van der Waals surface area contributed by atoms with E-state index in [1.54, 1.807) is 25.1 Å². The second kappa shape index (κ2) is 8.90. The third-order valence-corrected chi connectivity index (χ3v) is 3.45. The highest BCUT2D eigenvalue weighted by molar-refractivity contribution is 9.10. The van der Waals surface area contributed by atoms with Crippen LogP contribution in [-0.4, -0.2) is 18.2 Å². The van der Waals surface area contributed by atoms with Crippen molar-refractivity contribution in [1.29, 1.82) is 0 Å². The number of hydrazone groups is 1. The normalized spacial score (nSPS) is 12.4. The second-order valence-electron chi connectivity index (χ2n) is 4.74. The summed E-state index contributed by atoms with van der Waals surface area (Å²) >= 11 is 3.35. The first-order valence-corrected chi connectivity index (χ1v) is 7.91. The van der Waals surface area contributed by atoms with Crippen molar-refractivity contribution in [3.63, 3.8) is 0 Å². The van der Waals surface area contributed by atoms with Gasteiger partial charge in [-0.2, -0.15) is 5.10 Å². The Balaban J connectivity index is 1.78. The fraction of sp³-hybridized carbons (Fsp3) is 0.111. The van der Waals surface area contributed by atoms with Crippen LogP contribution >= 0.6 is 15.9 Å². The van der Waals surface area contributed by atoms with Gasteiger partial charge in [0.2, 0.25) is 0 Å². The predicted octanol–water partition coefficient (Wildman–Crippen LogP) is 4.03. The molecule has 2 aromatic rings. The standard InChI is InChI=1S/C18H17BrN2O2/c1-14(23-17-11-9-16(19)10-12-17)18(22)21-20-13-5-8-15-6-3-2-4-7-15/h2-14H,1H3,(H,21,22)/b8-5+,20-13-/t14-/m0/s1. The van der Waals surface area contributed by atoms with E-state index in [0.717, 1.165) is 10.0 Å². The molecule has 1 N–H and O–H groups in total. The van der Waals surface area contributed by atoms with E-state index < -0.39 is 6.10 Å². The van der Waals surface area contributed by atoms with Crippen LogP contribution in [0.5, 0.6) is 5.75 Å². The summed E-state index contributed by atoms with van der Waals surface area (Å²) in [6, 6.07) is 17.1. The molecule has 0 bridgehead atoms. The van der Waals surface area contributed by atoms with E-state index in [0.29, 0.717) is 5.75 Å². The number of hydrogen-bond donors (Lipinski definition) is 1. The molecule has 0 aliphatic heterocycles. The first-order chi connectivity index (χ1) is 11.1. The third-order valence-electron chi connectivity index (χ3n) is 2.92. The molecule has 23 heavy (non-hydrogen) atoms. The molecular weight excluding hydrogens is 356 g/mol. The Morgan fingerprint density at radius 1 is 1.17 bits per heavy atom. The van der Waals surface area contributed by atoms with Crippen LogP contribution in [0.1, 0.15) is 12.5 Å². The Kier molecular flexibility index (Phi) is 6.56. The summed E-state index contributed by atoms with van der Waals surface area (Å²) in [5, 5.41) is 3.86. The summed E-state index contributed by atoms with van der Waals surface area (Å²) in [6.45, 7) is 1.67. The number of carbonyl (C=O) groups is 1. The van der Waals surface area contributed by atoms with E-state index in [9.17, 15) is 4.79 Å². The molecule has 4 nitrogen and oxygen atoms in total. The number of hydrogen-bond acceptors (Lipinski definition) is 3. The average Bonchev–Trinajstić information content (AvgIpc) is 2.57. The fourth-order valence-corrected chi connectivity index (χ4v) is 1.99. The smallest absolute Gasteiger partial charge is 0.280 e. The molecule has 0 aromatic heterocycles. The van der Waals surface area contributed by atoms with Crippen molar-refractivity contribution in [1.82, 2.24) is 5.43 Å². The zero-order valence-corrected chi connectivity index (χ0v) is 14.2. The van der Waals surface area contributed by atoms with Gasteiger partial charge in [-0.3, -0.25) is 4.79 Å². The lowest BCUT2D eigenvalue weighted by molar-refractivity contribution is -0.127. The molecule has 0 unspecified atom stereocenters. The van der Waals surface area contributed by atoms with Gasteiger partial charge < -0.3 is 4.74 Å². The molecule has 1 atom stereocenters. The van der Waals surface area contributed by atoms with Crippen LogP contribution in [-0.2, 0) is 4.79 Å². The molecule has 5 heteroatoms. The highest BCUT2D eigenvalue weighted by atomic mass is 79.9. The Morgan fingerprint density at radius 3 is 2.57 bits per heavy atom. The van der Waals surface area contributed by atoms with Crippen LogP contribution in [0.15, 0.2) is 70.2 Å². The van der Waals surface area contributed by atoms with Gasteiger partial charge in [0, 0.05) is 10.7 Å². The van der Waals surface area contributed by atoms with E-state index in [1.165, 1.54) is 6.21 Å². The minimum Gasteiger partial charge on any atom is -0.481 e. The van der Waals surface area contributed by atoms with E-state index in [4.69, 9.17) is 4.74 Å². The van der Waals surface area contributed by atoms with Gasteiger partial charge >= 0.3 is 0 Å². The van der Waals surface area contributed by atoms with E-state index in [1.807, 2.05) is 48.5 Å². The summed E-state index contributed by atoms with van der Waals surface area (Å²) in [5.41, 5.74) is 3.51. The molecule has 0 aliphatic rings. The molecule has 2 aromatic carbocycles. The number of rotatable bonds is 6. The first kappa shape index (κ1) is 17.0. The van der Waals surface area contributed by atoms with Gasteiger partial charge in [0.15, 0.2) is 6.10 Å². The van der Waals surface area contributed by atoms with Crippen LogP contribution in [0.25, 0.3) is 6.08 Å². The van der Waals surface area contributed by atoms with E-state index >= 15 is 0 Å². The SMILES string of the molecule is C[C@H](Oc1ccc(Br)cc1)C(=O)N/N=C\C=C\c1ccccc1. The van der Waals surface area contributed by atoms with Gasteiger partial charge in [-0.25, -0.2) is 5.43 Å². The van der Waals surface area contributed by atoms with Crippen molar-refractivity contribution in [3.05, 3.63) is 70.7 Å². The van der Waals surface area contributed by atoms with Gasteiger partial charge in [0.1, 0.15) is 5.75 Å². The number of benzene rings is 2. The topological polar surface area (TPSA) is 50.7 Å². The van der Waals surface area contributed by atoms with E-state index in [-0.39, 0.29) is 5.91 Å². The first-order valence-electron chi connectivity index (χ1n) is 7.12. The molecule has 0 saturated heterocycles. The minimum absolute atomic E-state index is 0.308. The zero-order chi connectivity index (χ0) is 16.5. The van der Waals surface area contributed by atoms with Crippen molar-refractivity contribution < 1.29 is 9.53 Å². The number of carbonyl (C=O) groups excluding carboxylic acids is 1. The Bertz CT molecular complexity index is 682. The largest absolute Gasteiger partial charge is 0.481 e. The van der Waals surface area contributed by atoms with Crippen molar-refractivity contribution in [2.24, 2.45) is 5.10 Å². The number of nitrogens with zero attached hydrogens (tertiary/aromatic N) is 1. The molecule has 0 saturated carbocycles. The molecule has 1 amide bonds. The van der Waals surface area contributed by atoms with Crippen molar-refractivity contribution >= 4 is 34.1 Å².